The van der Waals surface area contributed by atoms with E-state index in [9.17, 15) is 0 Å². The first-order valence-corrected chi connectivity index (χ1v) is 5.64. The summed E-state index contributed by atoms with van der Waals surface area (Å²) in [6, 6.07) is 6.01. The van der Waals surface area contributed by atoms with Gasteiger partial charge in [0.25, 0.3) is 0 Å². The minimum Gasteiger partial charge on any atom is -0.360 e. The summed E-state index contributed by atoms with van der Waals surface area (Å²) in [7, 11) is 0. The van der Waals surface area contributed by atoms with Gasteiger partial charge in [0, 0.05) is 12.4 Å². The second-order valence-corrected chi connectivity index (χ2v) is 4.07. The molecule has 0 unspecified atom stereocenters. The molecule has 4 nitrogen and oxygen atoms in total. The maximum absolute atomic E-state index is 4.44. The van der Waals surface area contributed by atoms with E-state index in [0.29, 0.717) is 0 Å². The third-order valence-corrected chi connectivity index (χ3v) is 2.56. The van der Waals surface area contributed by atoms with Crippen LogP contribution in [0.4, 0.5) is 5.82 Å². The van der Waals surface area contributed by atoms with E-state index in [2.05, 4.69) is 27.2 Å². The molecule has 0 fully saturated rings. The Balaban J connectivity index is 2.18. The van der Waals surface area contributed by atoms with Crippen molar-refractivity contribution < 1.29 is 0 Å². The number of aromatic nitrogens is 3. The second-order valence-electron chi connectivity index (χ2n) is 4.07. The molecule has 0 amide bonds. The number of pyridine rings is 1. The van der Waals surface area contributed by atoms with Gasteiger partial charge in [-0.25, -0.2) is 4.98 Å². The zero-order chi connectivity index (χ0) is 12.3. The number of hydrogen-bond donors (Lipinski definition) is 1. The van der Waals surface area contributed by atoms with Gasteiger partial charge in [0.2, 0.25) is 0 Å². The quantitative estimate of drug-likeness (QED) is 0.877. The molecule has 4 heteroatoms. The highest BCUT2D eigenvalue weighted by molar-refractivity contribution is 5.41. The average Bonchev–Trinajstić information content (AvgIpc) is 2.35. The molecular formula is C13H16N4. The first-order valence-electron chi connectivity index (χ1n) is 5.64. The van der Waals surface area contributed by atoms with Crippen LogP contribution in [0.3, 0.4) is 0 Å². The van der Waals surface area contributed by atoms with Crippen molar-refractivity contribution in [2.24, 2.45) is 0 Å². The number of rotatable bonds is 3. The SMILES string of the molecule is Cc1cnc(C)c(N[C@H](C)c2ccccn2)n1. The van der Waals surface area contributed by atoms with E-state index in [0.717, 1.165) is 22.9 Å². The van der Waals surface area contributed by atoms with Crippen molar-refractivity contribution in [2.45, 2.75) is 26.8 Å². The van der Waals surface area contributed by atoms with Crippen LogP contribution in [0.25, 0.3) is 0 Å². The predicted octanol–water partition coefficient (Wildman–Crippen LogP) is 2.66. The van der Waals surface area contributed by atoms with E-state index in [1.165, 1.54) is 0 Å². The molecule has 2 aromatic rings. The summed E-state index contributed by atoms with van der Waals surface area (Å²) in [6.45, 7) is 5.94. The molecule has 0 spiro atoms. The predicted molar refractivity (Wildman–Crippen MR) is 67.8 cm³/mol. The monoisotopic (exact) mass is 228 g/mol. The molecule has 0 aliphatic carbocycles. The number of anilines is 1. The maximum atomic E-state index is 4.44. The van der Waals surface area contributed by atoms with Crippen LogP contribution in [0, 0.1) is 13.8 Å². The van der Waals surface area contributed by atoms with Gasteiger partial charge in [-0.2, -0.15) is 0 Å². The Morgan fingerprint density at radius 3 is 2.71 bits per heavy atom. The first kappa shape index (κ1) is 11.5. The van der Waals surface area contributed by atoms with Crippen LogP contribution in [-0.2, 0) is 0 Å². The largest absolute Gasteiger partial charge is 0.360 e. The Labute approximate surface area is 101 Å². The number of nitrogens with zero attached hydrogens (tertiary/aromatic N) is 3. The van der Waals surface area contributed by atoms with E-state index >= 15 is 0 Å². The van der Waals surface area contributed by atoms with E-state index in [-0.39, 0.29) is 6.04 Å². The minimum absolute atomic E-state index is 0.117. The fourth-order valence-corrected chi connectivity index (χ4v) is 1.59. The topological polar surface area (TPSA) is 50.7 Å². The van der Waals surface area contributed by atoms with Crippen molar-refractivity contribution in [1.82, 2.24) is 15.0 Å². The third kappa shape index (κ3) is 2.78. The highest BCUT2D eigenvalue weighted by Crippen LogP contribution is 2.17. The molecule has 0 saturated carbocycles. The zero-order valence-corrected chi connectivity index (χ0v) is 10.3. The Hall–Kier alpha value is -1.97. The molecule has 0 radical (unpaired) electrons. The summed E-state index contributed by atoms with van der Waals surface area (Å²) in [5.74, 6) is 0.822. The molecule has 0 aromatic carbocycles. The van der Waals surface area contributed by atoms with Crippen LogP contribution < -0.4 is 5.32 Å². The van der Waals surface area contributed by atoms with Crippen molar-refractivity contribution in [3.8, 4) is 0 Å². The molecule has 0 aliphatic heterocycles. The molecule has 2 aromatic heterocycles. The van der Waals surface area contributed by atoms with Crippen LogP contribution in [0.2, 0.25) is 0 Å². The second kappa shape index (κ2) is 4.91. The molecule has 0 saturated heterocycles. The molecule has 0 bridgehead atoms. The third-order valence-electron chi connectivity index (χ3n) is 2.56. The van der Waals surface area contributed by atoms with Crippen LogP contribution in [0.15, 0.2) is 30.6 Å². The van der Waals surface area contributed by atoms with Crippen molar-refractivity contribution in [1.29, 1.82) is 0 Å². The van der Waals surface area contributed by atoms with Crippen LogP contribution in [-0.4, -0.2) is 15.0 Å². The standard InChI is InChI=1S/C13H16N4/c1-9-8-15-11(3)13(16-9)17-10(2)12-6-4-5-7-14-12/h4-8,10H,1-3H3,(H,16,17)/t10-/m1/s1. The van der Waals surface area contributed by atoms with Crippen molar-refractivity contribution in [2.75, 3.05) is 5.32 Å². The molecule has 0 aliphatic rings. The lowest BCUT2D eigenvalue weighted by molar-refractivity contribution is 0.824. The molecule has 1 N–H and O–H groups in total. The van der Waals surface area contributed by atoms with Gasteiger partial charge in [-0.3, -0.25) is 9.97 Å². The molecule has 88 valence electrons. The zero-order valence-electron chi connectivity index (χ0n) is 10.3. The summed E-state index contributed by atoms with van der Waals surface area (Å²) < 4.78 is 0. The molecule has 17 heavy (non-hydrogen) atoms. The number of hydrogen-bond acceptors (Lipinski definition) is 4. The lowest BCUT2D eigenvalue weighted by atomic mass is 10.2. The Morgan fingerprint density at radius 2 is 2.00 bits per heavy atom. The Bertz CT molecular complexity index is 496. The van der Waals surface area contributed by atoms with Crippen molar-refractivity contribution >= 4 is 5.82 Å². The van der Waals surface area contributed by atoms with E-state index < -0.39 is 0 Å². The smallest absolute Gasteiger partial charge is 0.148 e. The molecule has 2 rings (SSSR count). The maximum Gasteiger partial charge on any atom is 0.148 e. The van der Waals surface area contributed by atoms with Gasteiger partial charge < -0.3 is 5.32 Å². The fraction of sp³-hybridized carbons (Fsp3) is 0.308. The molecule has 1 atom stereocenters. The summed E-state index contributed by atoms with van der Waals surface area (Å²) in [6.07, 6.45) is 3.56. The summed E-state index contributed by atoms with van der Waals surface area (Å²) in [5, 5.41) is 3.33. The Kier molecular flexibility index (Phi) is 3.32. The van der Waals surface area contributed by atoms with Crippen molar-refractivity contribution in [3.63, 3.8) is 0 Å². The van der Waals surface area contributed by atoms with Gasteiger partial charge >= 0.3 is 0 Å². The van der Waals surface area contributed by atoms with Crippen LogP contribution in [0.1, 0.15) is 30.0 Å². The van der Waals surface area contributed by atoms with Crippen molar-refractivity contribution in [3.05, 3.63) is 47.7 Å². The highest BCUT2D eigenvalue weighted by Gasteiger charge is 2.09. The van der Waals surface area contributed by atoms with Gasteiger partial charge in [0.05, 0.1) is 23.1 Å². The van der Waals surface area contributed by atoms with Crippen LogP contribution >= 0.6 is 0 Å². The lowest BCUT2D eigenvalue weighted by Gasteiger charge is -2.15. The van der Waals surface area contributed by atoms with E-state index in [1.54, 1.807) is 12.4 Å². The minimum atomic E-state index is 0.117. The van der Waals surface area contributed by atoms with Gasteiger partial charge in [0.1, 0.15) is 5.82 Å². The van der Waals surface area contributed by atoms with E-state index in [1.807, 2.05) is 32.0 Å². The Morgan fingerprint density at radius 1 is 1.18 bits per heavy atom. The first-order chi connectivity index (χ1) is 8.16. The van der Waals surface area contributed by atoms with Gasteiger partial charge in [-0.15, -0.1) is 0 Å². The van der Waals surface area contributed by atoms with Gasteiger partial charge in [0.15, 0.2) is 0 Å². The normalized spacial score (nSPS) is 12.2. The number of aryl methyl sites for hydroxylation is 2. The summed E-state index contributed by atoms with van der Waals surface area (Å²) in [4.78, 5) is 13.0. The number of nitrogens with one attached hydrogen (secondary N) is 1. The van der Waals surface area contributed by atoms with E-state index in [4.69, 9.17) is 0 Å². The van der Waals surface area contributed by atoms with Gasteiger partial charge in [-0.05, 0) is 32.9 Å². The summed E-state index contributed by atoms with van der Waals surface area (Å²) >= 11 is 0. The highest BCUT2D eigenvalue weighted by atomic mass is 15.0. The average molecular weight is 228 g/mol. The molecular weight excluding hydrogens is 212 g/mol. The summed E-state index contributed by atoms with van der Waals surface area (Å²) in [5.41, 5.74) is 2.81. The van der Waals surface area contributed by atoms with Crippen LogP contribution in [0.5, 0.6) is 0 Å². The van der Waals surface area contributed by atoms with Gasteiger partial charge in [-0.1, -0.05) is 6.07 Å². The fourth-order valence-electron chi connectivity index (χ4n) is 1.59. The lowest BCUT2D eigenvalue weighted by Crippen LogP contribution is -2.11. The molecule has 2 heterocycles.